The third kappa shape index (κ3) is 2.28. The molecule has 16 heavy (non-hydrogen) atoms. The minimum absolute atomic E-state index is 0.103. The first-order valence-corrected chi connectivity index (χ1v) is 5.97. The Bertz CT molecular complexity index is 342. The molecule has 2 rings (SSSR count). The van der Waals surface area contributed by atoms with E-state index in [9.17, 15) is 0 Å². The SMILES string of the molecule is Cn1ccnc1CCC(N)C1(C)CCCO1. The monoisotopic (exact) mass is 223 g/mol. The first-order valence-electron chi connectivity index (χ1n) is 5.97. The average molecular weight is 223 g/mol. The van der Waals surface area contributed by atoms with Crippen LogP contribution in [0.4, 0.5) is 0 Å². The van der Waals surface area contributed by atoms with Crippen molar-refractivity contribution in [3.8, 4) is 0 Å². The number of rotatable bonds is 4. The van der Waals surface area contributed by atoms with Crippen LogP contribution in [0.1, 0.15) is 32.0 Å². The summed E-state index contributed by atoms with van der Waals surface area (Å²) >= 11 is 0. The van der Waals surface area contributed by atoms with Crippen LogP contribution in [-0.4, -0.2) is 27.8 Å². The van der Waals surface area contributed by atoms with Gasteiger partial charge in [-0.1, -0.05) is 0 Å². The van der Waals surface area contributed by atoms with Crippen LogP contribution in [-0.2, 0) is 18.2 Å². The smallest absolute Gasteiger partial charge is 0.108 e. The summed E-state index contributed by atoms with van der Waals surface area (Å²) < 4.78 is 7.80. The topological polar surface area (TPSA) is 53.1 Å². The van der Waals surface area contributed by atoms with E-state index in [4.69, 9.17) is 10.5 Å². The molecule has 1 aliphatic heterocycles. The molecule has 0 bridgehead atoms. The van der Waals surface area contributed by atoms with Crippen LogP contribution in [0.25, 0.3) is 0 Å². The molecule has 1 saturated heterocycles. The highest BCUT2D eigenvalue weighted by Crippen LogP contribution is 2.29. The van der Waals surface area contributed by atoms with Crippen molar-refractivity contribution in [2.24, 2.45) is 12.8 Å². The van der Waals surface area contributed by atoms with Crippen LogP contribution in [0.15, 0.2) is 12.4 Å². The molecule has 90 valence electrons. The Kier molecular flexibility index (Phi) is 3.30. The van der Waals surface area contributed by atoms with Gasteiger partial charge in [-0.05, 0) is 26.2 Å². The number of nitrogens with zero attached hydrogens (tertiary/aromatic N) is 2. The molecule has 2 N–H and O–H groups in total. The first-order chi connectivity index (χ1) is 7.62. The van der Waals surface area contributed by atoms with Crippen LogP contribution in [0.2, 0.25) is 0 Å². The summed E-state index contributed by atoms with van der Waals surface area (Å²) in [7, 11) is 2.02. The van der Waals surface area contributed by atoms with Gasteiger partial charge < -0.3 is 15.0 Å². The molecule has 2 unspecified atom stereocenters. The summed E-state index contributed by atoms with van der Waals surface area (Å²) in [6, 6.07) is 0.103. The van der Waals surface area contributed by atoms with Crippen LogP contribution in [0, 0.1) is 0 Å². The van der Waals surface area contributed by atoms with Crippen molar-refractivity contribution in [2.75, 3.05) is 6.61 Å². The number of aryl methyl sites for hydroxylation is 2. The van der Waals surface area contributed by atoms with Gasteiger partial charge >= 0.3 is 0 Å². The number of hydrogen-bond donors (Lipinski definition) is 1. The Labute approximate surface area is 96.8 Å². The van der Waals surface area contributed by atoms with Gasteiger partial charge in [0, 0.05) is 38.5 Å². The van der Waals surface area contributed by atoms with Crippen LogP contribution in [0.3, 0.4) is 0 Å². The zero-order valence-electron chi connectivity index (χ0n) is 10.1. The fourth-order valence-corrected chi connectivity index (χ4v) is 2.32. The summed E-state index contributed by atoms with van der Waals surface area (Å²) in [5.41, 5.74) is 6.10. The van der Waals surface area contributed by atoms with Crippen molar-refractivity contribution in [3.05, 3.63) is 18.2 Å². The number of nitrogens with two attached hydrogens (primary N) is 1. The second kappa shape index (κ2) is 4.55. The van der Waals surface area contributed by atoms with Gasteiger partial charge in [-0.3, -0.25) is 0 Å². The zero-order valence-corrected chi connectivity index (χ0v) is 10.1. The van der Waals surface area contributed by atoms with Crippen molar-refractivity contribution in [2.45, 2.75) is 44.2 Å². The summed E-state index contributed by atoms with van der Waals surface area (Å²) in [5, 5.41) is 0. The minimum Gasteiger partial charge on any atom is -0.374 e. The summed E-state index contributed by atoms with van der Waals surface area (Å²) in [6.07, 6.45) is 7.86. The Morgan fingerprint density at radius 1 is 1.69 bits per heavy atom. The summed E-state index contributed by atoms with van der Waals surface area (Å²) in [5.74, 6) is 1.09. The second-order valence-corrected chi connectivity index (χ2v) is 4.86. The minimum atomic E-state index is -0.120. The van der Waals surface area contributed by atoms with Gasteiger partial charge in [-0.25, -0.2) is 4.98 Å². The van der Waals surface area contributed by atoms with E-state index < -0.39 is 0 Å². The van der Waals surface area contributed by atoms with E-state index in [0.29, 0.717) is 0 Å². The third-order valence-electron chi connectivity index (χ3n) is 3.63. The van der Waals surface area contributed by atoms with E-state index in [1.54, 1.807) is 0 Å². The number of hydrogen-bond acceptors (Lipinski definition) is 3. The van der Waals surface area contributed by atoms with Gasteiger partial charge in [-0.2, -0.15) is 0 Å². The summed E-state index contributed by atoms with van der Waals surface area (Å²) in [6.45, 7) is 2.98. The molecule has 4 nitrogen and oxygen atoms in total. The van der Waals surface area contributed by atoms with Gasteiger partial charge in [0.1, 0.15) is 5.82 Å². The number of ether oxygens (including phenoxy) is 1. The number of imidazole rings is 1. The van der Waals surface area contributed by atoms with Crippen molar-refractivity contribution < 1.29 is 4.74 Å². The van der Waals surface area contributed by atoms with Crippen molar-refractivity contribution in [1.29, 1.82) is 0 Å². The third-order valence-corrected chi connectivity index (χ3v) is 3.63. The normalized spacial score (nSPS) is 27.2. The molecule has 1 aliphatic rings. The average Bonchev–Trinajstić information content (AvgIpc) is 2.85. The predicted octanol–water partition coefficient (Wildman–Crippen LogP) is 1.25. The molecule has 0 spiro atoms. The maximum absolute atomic E-state index is 6.22. The van der Waals surface area contributed by atoms with Crippen LogP contribution < -0.4 is 5.73 Å². The van der Waals surface area contributed by atoms with Gasteiger partial charge in [-0.15, -0.1) is 0 Å². The molecule has 2 atom stereocenters. The zero-order chi connectivity index (χ0) is 11.6. The van der Waals surface area contributed by atoms with E-state index >= 15 is 0 Å². The van der Waals surface area contributed by atoms with Crippen LogP contribution in [0.5, 0.6) is 0 Å². The van der Waals surface area contributed by atoms with E-state index in [0.717, 1.165) is 38.1 Å². The highest BCUT2D eigenvalue weighted by atomic mass is 16.5. The quantitative estimate of drug-likeness (QED) is 0.835. The molecule has 1 fully saturated rings. The number of aromatic nitrogens is 2. The lowest BCUT2D eigenvalue weighted by atomic mass is 9.90. The summed E-state index contributed by atoms with van der Waals surface area (Å²) in [4.78, 5) is 4.30. The standard InChI is InChI=1S/C12H21N3O/c1-12(6-3-9-16-12)10(13)4-5-11-14-7-8-15(11)2/h7-8,10H,3-6,9,13H2,1-2H3. The Balaban J connectivity index is 1.88. The molecule has 0 aliphatic carbocycles. The van der Waals surface area contributed by atoms with Crippen LogP contribution >= 0.6 is 0 Å². The Morgan fingerprint density at radius 3 is 3.06 bits per heavy atom. The molecule has 0 radical (unpaired) electrons. The van der Waals surface area contributed by atoms with Crippen molar-refractivity contribution >= 4 is 0 Å². The molecule has 1 aromatic heterocycles. The van der Waals surface area contributed by atoms with Gasteiger partial charge in [0.05, 0.1) is 5.60 Å². The lowest BCUT2D eigenvalue weighted by molar-refractivity contribution is -0.00310. The highest BCUT2D eigenvalue weighted by molar-refractivity contribution is 4.96. The van der Waals surface area contributed by atoms with Gasteiger partial charge in [0.25, 0.3) is 0 Å². The fraction of sp³-hybridized carbons (Fsp3) is 0.750. The lowest BCUT2D eigenvalue weighted by Crippen LogP contribution is -2.45. The van der Waals surface area contributed by atoms with E-state index in [1.165, 1.54) is 0 Å². The molecule has 0 saturated carbocycles. The van der Waals surface area contributed by atoms with Gasteiger partial charge in [0.2, 0.25) is 0 Å². The Morgan fingerprint density at radius 2 is 2.50 bits per heavy atom. The highest BCUT2D eigenvalue weighted by Gasteiger charge is 2.35. The van der Waals surface area contributed by atoms with Gasteiger partial charge in [0.15, 0.2) is 0 Å². The van der Waals surface area contributed by atoms with E-state index in [2.05, 4.69) is 11.9 Å². The van der Waals surface area contributed by atoms with E-state index in [-0.39, 0.29) is 11.6 Å². The maximum atomic E-state index is 6.22. The largest absolute Gasteiger partial charge is 0.374 e. The Hall–Kier alpha value is -0.870. The fourth-order valence-electron chi connectivity index (χ4n) is 2.32. The second-order valence-electron chi connectivity index (χ2n) is 4.86. The van der Waals surface area contributed by atoms with E-state index in [1.807, 2.05) is 24.0 Å². The van der Waals surface area contributed by atoms with Crippen molar-refractivity contribution in [3.63, 3.8) is 0 Å². The molecule has 1 aromatic rings. The molecule has 0 amide bonds. The molecule has 2 heterocycles. The lowest BCUT2D eigenvalue weighted by Gasteiger charge is -2.30. The molecular weight excluding hydrogens is 202 g/mol. The maximum Gasteiger partial charge on any atom is 0.108 e. The first kappa shape index (κ1) is 11.6. The molecule has 0 aromatic carbocycles. The predicted molar refractivity (Wildman–Crippen MR) is 63.1 cm³/mol. The molecule has 4 heteroatoms. The van der Waals surface area contributed by atoms with Crippen molar-refractivity contribution in [1.82, 2.24) is 9.55 Å². The molecular formula is C12H21N3O.